The molecule has 0 bridgehead atoms. The van der Waals surface area contributed by atoms with Crippen LogP contribution in [0, 0.1) is 0 Å². The van der Waals surface area contributed by atoms with E-state index in [1.54, 1.807) is 42.6 Å². The van der Waals surface area contributed by atoms with Crippen molar-refractivity contribution in [3.8, 4) is 11.5 Å². The summed E-state index contributed by atoms with van der Waals surface area (Å²) < 4.78 is 10.4. The number of amides is 3. The Morgan fingerprint density at radius 1 is 1.17 bits per heavy atom. The number of piperidine rings is 1. The number of phenols is 1. The number of rotatable bonds is 9. The number of hydrogen-bond acceptors (Lipinski definition) is 7. The third kappa shape index (κ3) is 5.16. The summed E-state index contributed by atoms with van der Waals surface area (Å²) >= 11 is 0. The van der Waals surface area contributed by atoms with Gasteiger partial charge in [-0.3, -0.25) is 19.6 Å². The van der Waals surface area contributed by atoms with Gasteiger partial charge in [-0.05, 0) is 42.2 Å². The lowest BCUT2D eigenvalue weighted by atomic mass is 9.85. The first kappa shape index (κ1) is 24.7. The Bertz CT molecular complexity index is 1070. The lowest BCUT2D eigenvalue weighted by Crippen LogP contribution is -2.57. The maximum absolute atomic E-state index is 13.6. The van der Waals surface area contributed by atoms with Crippen molar-refractivity contribution in [1.29, 1.82) is 0 Å². The lowest BCUT2D eigenvalue weighted by molar-refractivity contribution is -0.136. The first-order chi connectivity index (χ1) is 17.0. The maximum atomic E-state index is 13.6. The molecule has 9 nitrogen and oxygen atoms in total. The summed E-state index contributed by atoms with van der Waals surface area (Å²) in [5, 5.41) is 9.75. The normalized spacial score (nSPS) is 18.2. The average Bonchev–Trinajstić information content (AvgIpc) is 3.06. The van der Waals surface area contributed by atoms with Crippen LogP contribution in [-0.4, -0.2) is 89.3 Å². The number of carbonyl (C=O) groups excluding carboxylic acids is 2. The topological polar surface area (TPSA) is 95.4 Å². The van der Waals surface area contributed by atoms with Crippen LogP contribution < -0.4 is 4.74 Å². The first-order valence-electron chi connectivity index (χ1n) is 11.8. The molecular weight excluding hydrogens is 448 g/mol. The molecule has 186 valence electrons. The molecule has 2 saturated heterocycles. The quantitative estimate of drug-likeness (QED) is 0.552. The number of urea groups is 1. The summed E-state index contributed by atoms with van der Waals surface area (Å²) in [4.78, 5) is 36.3. The van der Waals surface area contributed by atoms with Crippen LogP contribution in [0.15, 0.2) is 48.8 Å². The summed E-state index contributed by atoms with van der Waals surface area (Å²) in [6.45, 7) is 3.11. The summed E-state index contributed by atoms with van der Waals surface area (Å²) in [6, 6.07) is 8.63. The van der Waals surface area contributed by atoms with Crippen LogP contribution in [0.25, 0.3) is 6.08 Å². The van der Waals surface area contributed by atoms with Crippen LogP contribution >= 0.6 is 0 Å². The van der Waals surface area contributed by atoms with Gasteiger partial charge in [0.05, 0.1) is 20.3 Å². The van der Waals surface area contributed by atoms with Gasteiger partial charge < -0.3 is 19.5 Å². The number of aromatic hydroxyl groups is 1. The zero-order valence-corrected chi connectivity index (χ0v) is 20.2. The second kappa shape index (κ2) is 10.9. The molecule has 0 radical (unpaired) electrons. The van der Waals surface area contributed by atoms with Crippen LogP contribution in [-0.2, 0) is 16.1 Å². The van der Waals surface area contributed by atoms with E-state index < -0.39 is 5.54 Å². The molecule has 1 aromatic carbocycles. The fraction of sp³-hybridized carbons (Fsp3) is 0.423. The third-order valence-electron chi connectivity index (χ3n) is 6.77. The molecule has 2 aliphatic rings. The van der Waals surface area contributed by atoms with Crippen molar-refractivity contribution in [1.82, 2.24) is 19.7 Å². The molecule has 1 N–H and O–H groups in total. The monoisotopic (exact) mass is 480 g/mol. The second-order valence-electron chi connectivity index (χ2n) is 8.85. The lowest BCUT2D eigenvalue weighted by Gasteiger charge is -2.42. The van der Waals surface area contributed by atoms with Gasteiger partial charge in [-0.25, -0.2) is 4.79 Å². The van der Waals surface area contributed by atoms with E-state index in [2.05, 4.69) is 16.0 Å². The Hall–Kier alpha value is -3.43. The van der Waals surface area contributed by atoms with Crippen molar-refractivity contribution in [2.75, 3.05) is 47.0 Å². The molecule has 0 saturated carbocycles. The number of aromatic nitrogens is 1. The van der Waals surface area contributed by atoms with Crippen LogP contribution in [0.5, 0.6) is 11.5 Å². The Labute approximate surface area is 205 Å². The minimum atomic E-state index is -0.831. The molecule has 35 heavy (non-hydrogen) atoms. The Morgan fingerprint density at radius 2 is 1.97 bits per heavy atom. The van der Waals surface area contributed by atoms with E-state index in [1.165, 1.54) is 12.0 Å². The Balaban J connectivity index is 1.42. The van der Waals surface area contributed by atoms with Gasteiger partial charge in [0.25, 0.3) is 5.91 Å². The van der Waals surface area contributed by atoms with Crippen molar-refractivity contribution >= 4 is 18.0 Å². The summed E-state index contributed by atoms with van der Waals surface area (Å²) in [5.74, 6) is 0.412. The van der Waals surface area contributed by atoms with Crippen molar-refractivity contribution in [3.05, 3.63) is 59.9 Å². The average molecular weight is 481 g/mol. The maximum Gasteiger partial charge on any atom is 0.328 e. The number of carbonyl (C=O) groups is 2. The van der Waals surface area contributed by atoms with Gasteiger partial charge >= 0.3 is 6.03 Å². The van der Waals surface area contributed by atoms with Gasteiger partial charge in [0.1, 0.15) is 5.54 Å². The highest BCUT2D eigenvalue weighted by Crippen LogP contribution is 2.38. The number of likely N-dealkylation sites (tertiary alicyclic amines) is 1. The smallest absolute Gasteiger partial charge is 0.328 e. The van der Waals surface area contributed by atoms with Crippen molar-refractivity contribution in [2.24, 2.45) is 0 Å². The molecule has 2 fully saturated rings. The number of ether oxygens (including phenoxy) is 2. The molecule has 0 aliphatic carbocycles. The molecule has 2 aliphatic heterocycles. The van der Waals surface area contributed by atoms with E-state index in [1.807, 2.05) is 18.2 Å². The molecule has 2 aromatic rings. The van der Waals surface area contributed by atoms with Crippen molar-refractivity contribution < 1.29 is 24.2 Å². The predicted molar refractivity (Wildman–Crippen MR) is 131 cm³/mol. The summed E-state index contributed by atoms with van der Waals surface area (Å²) in [5.41, 5.74) is 0.926. The highest BCUT2D eigenvalue weighted by molar-refractivity contribution is 6.07. The van der Waals surface area contributed by atoms with Crippen molar-refractivity contribution in [3.63, 3.8) is 0 Å². The van der Waals surface area contributed by atoms with Gasteiger partial charge in [-0.15, -0.1) is 0 Å². The number of pyridine rings is 1. The number of nitrogens with zero attached hydrogens (tertiary/aromatic N) is 4. The van der Waals surface area contributed by atoms with E-state index in [9.17, 15) is 14.7 Å². The number of phenolic OH excluding ortho intramolecular Hbond substituents is 1. The van der Waals surface area contributed by atoms with Crippen LogP contribution in [0.3, 0.4) is 0 Å². The zero-order chi connectivity index (χ0) is 24.8. The van der Waals surface area contributed by atoms with E-state index >= 15 is 0 Å². The van der Waals surface area contributed by atoms with E-state index in [4.69, 9.17) is 9.47 Å². The third-order valence-corrected chi connectivity index (χ3v) is 6.77. The summed E-state index contributed by atoms with van der Waals surface area (Å²) in [6.07, 6.45) is 8.55. The molecule has 1 aromatic heterocycles. The molecule has 3 heterocycles. The molecule has 4 rings (SSSR count). The largest absolute Gasteiger partial charge is 0.504 e. The number of hydrogen-bond donors (Lipinski definition) is 1. The Morgan fingerprint density at radius 3 is 2.66 bits per heavy atom. The zero-order valence-electron chi connectivity index (χ0n) is 20.2. The minimum Gasteiger partial charge on any atom is -0.504 e. The van der Waals surface area contributed by atoms with Crippen LogP contribution in [0.4, 0.5) is 4.79 Å². The standard InChI is InChI=1S/C26H32N4O5/c1-34-16-15-30-25(33)29(19-21-5-3-11-27-18-21)24(32)26(30)9-13-28(14-10-26)12-4-6-20-7-8-22(31)23(17-20)35-2/h3-8,11,17-18,31H,9-10,12-16,19H2,1-2H3. The minimum absolute atomic E-state index is 0.109. The fourth-order valence-corrected chi connectivity index (χ4v) is 4.81. The molecule has 0 unspecified atom stereocenters. The van der Waals surface area contributed by atoms with Gasteiger partial charge in [0.2, 0.25) is 0 Å². The molecule has 1 spiro atoms. The van der Waals surface area contributed by atoms with Gasteiger partial charge in [-0.1, -0.05) is 24.3 Å². The number of methoxy groups -OCH3 is 2. The van der Waals surface area contributed by atoms with Gasteiger partial charge in [-0.2, -0.15) is 0 Å². The van der Waals surface area contributed by atoms with Crippen LogP contribution in [0.1, 0.15) is 24.0 Å². The van der Waals surface area contributed by atoms with E-state index in [0.717, 1.165) is 17.7 Å². The summed E-state index contributed by atoms with van der Waals surface area (Å²) in [7, 11) is 3.12. The molecule has 9 heteroatoms. The Kier molecular flexibility index (Phi) is 7.67. The highest BCUT2D eigenvalue weighted by Gasteiger charge is 2.57. The number of benzene rings is 1. The van der Waals surface area contributed by atoms with Gasteiger partial charge in [0, 0.05) is 45.7 Å². The first-order valence-corrected chi connectivity index (χ1v) is 11.8. The predicted octanol–water partition coefficient (Wildman–Crippen LogP) is 2.75. The molecule has 3 amide bonds. The second-order valence-corrected chi connectivity index (χ2v) is 8.85. The van der Waals surface area contributed by atoms with E-state index in [-0.39, 0.29) is 24.2 Å². The van der Waals surface area contributed by atoms with Gasteiger partial charge in [0.15, 0.2) is 11.5 Å². The highest BCUT2D eigenvalue weighted by atomic mass is 16.5. The molecule has 0 atom stereocenters. The SMILES string of the molecule is COCCN1C(=O)N(Cc2cccnc2)C(=O)C12CCN(CC=Cc1ccc(O)c(OC)c1)CC2. The van der Waals surface area contributed by atoms with Crippen LogP contribution in [0.2, 0.25) is 0 Å². The van der Waals surface area contributed by atoms with E-state index in [0.29, 0.717) is 44.8 Å². The molecular formula is C26H32N4O5. The van der Waals surface area contributed by atoms with Crippen molar-refractivity contribution in [2.45, 2.75) is 24.9 Å². The number of imide groups is 1. The fourth-order valence-electron chi connectivity index (χ4n) is 4.81.